The first-order valence-corrected chi connectivity index (χ1v) is 9.20. The molecule has 2 aromatic heterocycles. The Morgan fingerprint density at radius 3 is 2.61 bits per heavy atom. The number of rotatable bonds is 7. The van der Waals surface area contributed by atoms with Gasteiger partial charge in [-0.05, 0) is 35.2 Å². The minimum Gasteiger partial charge on any atom is -0.339 e. The highest BCUT2D eigenvalue weighted by molar-refractivity contribution is 5.94. The number of aromatic nitrogens is 2. The molecule has 0 saturated carbocycles. The normalized spacial score (nSPS) is 11.8. The van der Waals surface area contributed by atoms with Crippen molar-refractivity contribution in [2.24, 2.45) is 0 Å². The van der Waals surface area contributed by atoms with Gasteiger partial charge in [-0.2, -0.15) is 0 Å². The molecule has 2 heterocycles. The Bertz CT molecular complexity index is 979. The minimum absolute atomic E-state index is 0.273. The summed E-state index contributed by atoms with van der Waals surface area (Å²) in [5, 5.41) is 3.00. The van der Waals surface area contributed by atoms with Crippen LogP contribution in [0.2, 0.25) is 0 Å². The largest absolute Gasteiger partial charge is 0.339 e. The van der Waals surface area contributed by atoms with E-state index in [0.717, 1.165) is 29.7 Å². The number of nitrogens with zero attached hydrogens (tertiary/aromatic N) is 1. The molecule has 1 amide bonds. The summed E-state index contributed by atoms with van der Waals surface area (Å²) < 4.78 is 12.9. The van der Waals surface area contributed by atoms with Crippen molar-refractivity contribution in [2.45, 2.75) is 32.5 Å². The smallest absolute Gasteiger partial charge is 0.253 e. The number of hydrogen-bond acceptors (Lipinski definition) is 3. The Hall–Kier alpha value is -3.28. The molecule has 3 rings (SSSR count). The summed E-state index contributed by atoms with van der Waals surface area (Å²) in [6.07, 6.45) is 4.85. The molecular weight excluding hydrogens is 357 g/mol. The maximum atomic E-state index is 12.9. The van der Waals surface area contributed by atoms with Crippen LogP contribution in [0.3, 0.4) is 0 Å². The molecule has 0 fully saturated rings. The molecule has 6 heteroatoms. The third-order valence-corrected chi connectivity index (χ3v) is 4.51. The Balaban J connectivity index is 2.00. The van der Waals surface area contributed by atoms with Crippen LogP contribution in [0, 0.1) is 0 Å². The highest BCUT2D eigenvalue weighted by Crippen LogP contribution is 2.25. The molecule has 0 aliphatic rings. The highest BCUT2D eigenvalue weighted by atomic mass is 19.1. The fourth-order valence-corrected chi connectivity index (χ4v) is 3.07. The van der Waals surface area contributed by atoms with Gasteiger partial charge >= 0.3 is 0 Å². The SMILES string of the molecule is CCCc1cccnc1[C@@H](NC(=O)c1ccc(=O)[nH]c1)c1ccc(CF)cc1. The second-order valence-electron chi connectivity index (χ2n) is 6.52. The van der Waals surface area contributed by atoms with E-state index in [2.05, 4.69) is 22.2 Å². The fourth-order valence-electron chi connectivity index (χ4n) is 3.07. The van der Waals surface area contributed by atoms with Crippen molar-refractivity contribution < 1.29 is 9.18 Å². The molecule has 0 saturated heterocycles. The molecule has 2 N–H and O–H groups in total. The topological polar surface area (TPSA) is 74.8 Å². The van der Waals surface area contributed by atoms with Gasteiger partial charge in [0.2, 0.25) is 5.56 Å². The Morgan fingerprint density at radius 2 is 1.96 bits per heavy atom. The number of pyridine rings is 2. The maximum absolute atomic E-state index is 12.9. The van der Waals surface area contributed by atoms with Gasteiger partial charge in [-0.1, -0.05) is 43.7 Å². The van der Waals surface area contributed by atoms with Gasteiger partial charge in [-0.3, -0.25) is 14.6 Å². The number of aryl methyl sites for hydroxylation is 1. The van der Waals surface area contributed by atoms with Crippen LogP contribution in [0.25, 0.3) is 0 Å². The summed E-state index contributed by atoms with van der Waals surface area (Å²) in [6.45, 7) is 1.54. The van der Waals surface area contributed by atoms with Crippen LogP contribution in [0.5, 0.6) is 0 Å². The summed E-state index contributed by atoms with van der Waals surface area (Å²) in [7, 11) is 0. The highest BCUT2D eigenvalue weighted by Gasteiger charge is 2.22. The number of carbonyl (C=O) groups excluding carboxylic acids is 1. The summed E-state index contributed by atoms with van der Waals surface area (Å²) in [6, 6.07) is 13.2. The van der Waals surface area contributed by atoms with E-state index < -0.39 is 12.7 Å². The van der Waals surface area contributed by atoms with Gasteiger partial charge < -0.3 is 10.3 Å². The number of alkyl halides is 1. The molecule has 0 aliphatic carbocycles. The van der Waals surface area contributed by atoms with Crippen LogP contribution < -0.4 is 10.9 Å². The zero-order valence-electron chi connectivity index (χ0n) is 15.6. The molecule has 5 nitrogen and oxygen atoms in total. The van der Waals surface area contributed by atoms with Crippen LogP contribution in [0.1, 0.15) is 52.1 Å². The van der Waals surface area contributed by atoms with E-state index in [1.807, 2.05) is 12.1 Å². The molecule has 1 aromatic carbocycles. The molecule has 0 unspecified atom stereocenters. The van der Waals surface area contributed by atoms with Crippen LogP contribution in [0.15, 0.2) is 65.7 Å². The predicted molar refractivity (Wildman–Crippen MR) is 106 cm³/mol. The molecule has 0 spiro atoms. The van der Waals surface area contributed by atoms with Crippen molar-refractivity contribution >= 4 is 5.91 Å². The quantitative estimate of drug-likeness (QED) is 0.657. The lowest BCUT2D eigenvalue weighted by molar-refractivity contribution is 0.0941. The van der Waals surface area contributed by atoms with Gasteiger partial charge in [-0.15, -0.1) is 0 Å². The molecule has 28 heavy (non-hydrogen) atoms. The van der Waals surface area contributed by atoms with Gasteiger partial charge in [0, 0.05) is 18.5 Å². The van der Waals surface area contributed by atoms with E-state index in [1.165, 1.54) is 18.3 Å². The number of nitrogens with one attached hydrogen (secondary N) is 2. The molecular formula is C22H22FN3O2. The Morgan fingerprint density at radius 1 is 1.18 bits per heavy atom. The number of amides is 1. The number of halogens is 1. The van der Waals surface area contributed by atoms with E-state index in [9.17, 15) is 14.0 Å². The first-order valence-electron chi connectivity index (χ1n) is 9.20. The lowest BCUT2D eigenvalue weighted by Crippen LogP contribution is -2.31. The van der Waals surface area contributed by atoms with Crippen LogP contribution in [0.4, 0.5) is 4.39 Å². The number of aromatic amines is 1. The van der Waals surface area contributed by atoms with Crippen molar-refractivity contribution in [1.82, 2.24) is 15.3 Å². The number of benzene rings is 1. The molecule has 0 bridgehead atoms. The fraction of sp³-hybridized carbons (Fsp3) is 0.227. The van der Waals surface area contributed by atoms with Crippen LogP contribution in [-0.4, -0.2) is 15.9 Å². The number of carbonyl (C=O) groups is 1. The van der Waals surface area contributed by atoms with Gasteiger partial charge in [0.25, 0.3) is 5.91 Å². The third kappa shape index (κ3) is 4.52. The van der Waals surface area contributed by atoms with Gasteiger partial charge in [0.1, 0.15) is 6.67 Å². The van der Waals surface area contributed by atoms with Gasteiger partial charge in [0.15, 0.2) is 0 Å². The summed E-state index contributed by atoms with van der Waals surface area (Å²) in [5.74, 6) is -0.330. The van der Waals surface area contributed by atoms with Crippen molar-refractivity contribution in [3.63, 3.8) is 0 Å². The van der Waals surface area contributed by atoms with Crippen LogP contribution in [-0.2, 0) is 13.1 Å². The Kier molecular flexibility index (Phi) is 6.32. The summed E-state index contributed by atoms with van der Waals surface area (Å²) in [4.78, 5) is 31.1. The van der Waals surface area contributed by atoms with Crippen molar-refractivity contribution in [1.29, 1.82) is 0 Å². The van der Waals surface area contributed by atoms with Crippen molar-refractivity contribution in [3.05, 3.63) is 99.2 Å². The van der Waals surface area contributed by atoms with Gasteiger partial charge in [0.05, 0.1) is 17.3 Å². The number of hydrogen-bond donors (Lipinski definition) is 2. The maximum Gasteiger partial charge on any atom is 0.253 e. The van der Waals surface area contributed by atoms with Crippen LogP contribution >= 0.6 is 0 Å². The summed E-state index contributed by atoms with van der Waals surface area (Å²) >= 11 is 0. The van der Waals surface area contributed by atoms with Crippen molar-refractivity contribution in [2.75, 3.05) is 0 Å². The summed E-state index contributed by atoms with van der Waals surface area (Å²) in [5.41, 5.74) is 3.26. The van der Waals surface area contributed by atoms with E-state index in [0.29, 0.717) is 11.1 Å². The molecule has 0 aliphatic heterocycles. The number of H-pyrrole nitrogens is 1. The van der Waals surface area contributed by atoms with Crippen molar-refractivity contribution in [3.8, 4) is 0 Å². The monoisotopic (exact) mass is 379 g/mol. The standard InChI is InChI=1S/C22H22FN3O2/c1-2-4-16-5-3-12-24-20(16)21(17-8-6-15(13-23)7-9-17)26-22(28)18-10-11-19(27)25-14-18/h3,5-12,14,21H,2,4,13H2,1H3,(H,25,27)(H,26,28)/t21-/m0/s1. The molecule has 3 aromatic rings. The lowest BCUT2D eigenvalue weighted by Gasteiger charge is -2.22. The minimum atomic E-state index is -0.542. The second kappa shape index (κ2) is 9.08. The average Bonchev–Trinajstić information content (AvgIpc) is 2.73. The second-order valence-corrected chi connectivity index (χ2v) is 6.52. The zero-order chi connectivity index (χ0) is 19.9. The molecule has 1 atom stereocenters. The predicted octanol–water partition coefficient (Wildman–Crippen LogP) is 3.71. The first kappa shape index (κ1) is 19.5. The Labute approximate surface area is 162 Å². The molecule has 144 valence electrons. The van der Waals surface area contributed by atoms with E-state index in [-0.39, 0.29) is 11.5 Å². The first-order chi connectivity index (χ1) is 13.6. The van der Waals surface area contributed by atoms with E-state index in [4.69, 9.17) is 0 Å². The average molecular weight is 379 g/mol. The van der Waals surface area contributed by atoms with Gasteiger partial charge in [-0.25, -0.2) is 4.39 Å². The third-order valence-electron chi connectivity index (χ3n) is 4.51. The van der Waals surface area contributed by atoms with E-state index in [1.54, 1.807) is 30.5 Å². The lowest BCUT2D eigenvalue weighted by atomic mass is 9.96. The molecule has 0 radical (unpaired) electrons. The zero-order valence-corrected chi connectivity index (χ0v) is 15.6. The van der Waals surface area contributed by atoms with E-state index >= 15 is 0 Å².